The van der Waals surface area contributed by atoms with Crippen molar-refractivity contribution in [2.75, 3.05) is 6.61 Å². The van der Waals surface area contributed by atoms with E-state index in [9.17, 15) is 0 Å². The molecule has 0 spiro atoms. The highest BCUT2D eigenvalue weighted by Gasteiger charge is 2.58. The van der Waals surface area contributed by atoms with Crippen LogP contribution in [0.25, 0.3) is 4.85 Å². The average Bonchev–Trinajstić information content (AvgIpc) is 2.57. The Kier molecular flexibility index (Phi) is 2.24. The van der Waals surface area contributed by atoms with Crippen LogP contribution in [0.5, 0.6) is 0 Å². The molecule has 14 heavy (non-hydrogen) atoms. The first-order chi connectivity index (χ1) is 6.57. The van der Waals surface area contributed by atoms with Crippen molar-refractivity contribution >= 4 is 0 Å². The highest BCUT2D eigenvalue weighted by atomic mass is 16.8. The highest BCUT2D eigenvalue weighted by Crippen LogP contribution is 2.38. The molecule has 0 aliphatic carbocycles. The Morgan fingerprint density at radius 3 is 2.57 bits per heavy atom. The van der Waals surface area contributed by atoms with Crippen LogP contribution in [0.1, 0.15) is 13.8 Å². The smallest absolute Gasteiger partial charge is 0.357 e. The lowest BCUT2D eigenvalue weighted by atomic mass is 10.1. The predicted octanol–water partition coefficient (Wildman–Crippen LogP) is 0.143. The number of fused-ring (bicyclic) bond motifs is 1. The fourth-order valence-corrected chi connectivity index (χ4v) is 1.91. The van der Waals surface area contributed by atoms with Crippen molar-refractivity contribution in [1.29, 1.82) is 0 Å². The molecule has 0 bridgehead atoms. The molecule has 2 aliphatic heterocycles. The molecule has 2 rings (SSSR count). The van der Waals surface area contributed by atoms with Crippen molar-refractivity contribution in [1.82, 2.24) is 0 Å². The molecular weight excluding hydrogens is 186 g/mol. The largest absolute Gasteiger partial charge is 0.394 e. The lowest BCUT2D eigenvalue weighted by Crippen LogP contribution is -2.31. The van der Waals surface area contributed by atoms with Crippen LogP contribution in [0.2, 0.25) is 0 Å². The molecule has 78 valence electrons. The summed E-state index contributed by atoms with van der Waals surface area (Å²) in [6.07, 6.45) is -1.80. The van der Waals surface area contributed by atoms with E-state index in [-0.39, 0.29) is 18.8 Å². The summed E-state index contributed by atoms with van der Waals surface area (Å²) in [5.41, 5.74) is 0. The van der Waals surface area contributed by atoms with E-state index in [0.717, 1.165) is 0 Å². The fourth-order valence-electron chi connectivity index (χ4n) is 1.91. The number of aliphatic hydroxyl groups is 1. The minimum atomic E-state index is -0.685. The SMILES string of the molecule is [C-]#[N+][C@@H]1O[C@H](CO)[C@H]2OC(C)(C)O[C@H]21. The Hall–Kier alpha value is -0.670. The van der Waals surface area contributed by atoms with E-state index < -0.39 is 18.1 Å². The predicted molar refractivity (Wildman–Crippen MR) is 46.2 cm³/mol. The number of nitrogens with zero attached hydrogens (tertiary/aromatic N) is 1. The Bertz CT molecular complexity index is 272. The van der Waals surface area contributed by atoms with Crippen molar-refractivity contribution in [2.24, 2.45) is 0 Å². The molecule has 5 nitrogen and oxygen atoms in total. The number of hydrogen-bond donors (Lipinski definition) is 1. The van der Waals surface area contributed by atoms with Gasteiger partial charge >= 0.3 is 6.23 Å². The molecule has 0 unspecified atom stereocenters. The third-order valence-electron chi connectivity index (χ3n) is 2.43. The zero-order valence-electron chi connectivity index (χ0n) is 8.14. The topological polar surface area (TPSA) is 52.3 Å². The van der Waals surface area contributed by atoms with Gasteiger partial charge in [-0.3, -0.25) is 9.58 Å². The number of ether oxygens (including phenoxy) is 3. The Balaban J connectivity index is 2.17. The summed E-state index contributed by atoms with van der Waals surface area (Å²) in [6.45, 7) is 10.4. The first kappa shape index (κ1) is 9.87. The summed E-state index contributed by atoms with van der Waals surface area (Å²) in [5, 5.41) is 9.03. The van der Waals surface area contributed by atoms with Crippen molar-refractivity contribution in [3.05, 3.63) is 11.4 Å². The lowest BCUT2D eigenvalue weighted by Gasteiger charge is -2.20. The van der Waals surface area contributed by atoms with E-state index in [4.69, 9.17) is 25.9 Å². The van der Waals surface area contributed by atoms with Crippen LogP contribution in [0.3, 0.4) is 0 Å². The van der Waals surface area contributed by atoms with Crippen LogP contribution in [-0.4, -0.2) is 42.0 Å². The molecular formula is C9H13NO4. The van der Waals surface area contributed by atoms with Crippen molar-refractivity contribution in [3.8, 4) is 0 Å². The second-order valence-electron chi connectivity index (χ2n) is 3.94. The zero-order valence-corrected chi connectivity index (χ0v) is 8.14. The molecule has 4 atom stereocenters. The number of hydrogen-bond acceptors (Lipinski definition) is 4. The number of rotatable bonds is 1. The fraction of sp³-hybridized carbons (Fsp3) is 0.889. The molecule has 0 aromatic carbocycles. The van der Waals surface area contributed by atoms with Gasteiger partial charge in [-0.05, 0) is 13.8 Å². The third-order valence-corrected chi connectivity index (χ3v) is 2.43. The summed E-state index contributed by atoms with van der Waals surface area (Å²) >= 11 is 0. The van der Waals surface area contributed by atoms with E-state index in [2.05, 4.69) is 4.85 Å². The zero-order chi connectivity index (χ0) is 10.3. The quantitative estimate of drug-likeness (QED) is 0.610. The molecule has 5 heteroatoms. The van der Waals surface area contributed by atoms with Gasteiger partial charge in [-0.25, -0.2) is 6.57 Å². The standard InChI is InChI=1S/C9H13NO4/c1-9(2)13-6-5(4-11)12-8(10-3)7(6)14-9/h5-8,11H,4H2,1-2H3/t5-,6-,7-,8-/m1/s1. The normalized spacial score (nSPS) is 44.7. The van der Waals surface area contributed by atoms with E-state index >= 15 is 0 Å². The molecule has 0 amide bonds. The molecule has 0 saturated carbocycles. The Labute approximate surface area is 82.4 Å². The Morgan fingerprint density at radius 1 is 1.36 bits per heavy atom. The molecule has 2 saturated heterocycles. The van der Waals surface area contributed by atoms with Crippen molar-refractivity contribution in [2.45, 2.75) is 44.2 Å². The van der Waals surface area contributed by atoms with Crippen LogP contribution in [0.15, 0.2) is 0 Å². The van der Waals surface area contributed by atoms with Gasteiger partial charge in [-0.15, -0.1) is 0 Å². The van der Waals surface area contributed by atoms with Gasteiger partial charge < -0.3 is 14.6 Å². The second kappa shape index (κ2) is 3.17. The molecule has 1 N–H and O–H groups in total. The lowest BCUT2D eigenvalue weighted by molar-refractivity contribution is -0.185. The molecule has 0 radical (unpaired) electrons. The van der Waals surface area contributed by atoms with Crippen LogP contribution >= 0.6 is 0 Å². The minimum Gasteiger partial charge on any atom is -0.394 e. The maximum absolute atomic E-state index is 9.03. The maximum Gasteiger partial charge on any atom is 0.357 e. The molecule has 0 aromatic rings. The summed E-state index contributed by atoms with van der Waals surface area (Å²) in [6, 6.07) is 0. The Morgan fingerprint density at radius 2 is 2.00 bits per heavy atom. The monoisotopic (exact) mass is 199 g/mol. The van der Waals surface area contributed by atoms with Gasteiger partial charge in [0.05, 0.1) is 6.61 Å². The summed E-state index contributed by atoms with van der Waals surface area (Å²) in [4.78, 5) is 3.31. The summed E-state index contributed by atoms with van der Waals surface area (Å²) in [7, 11) is 0. The van der Waals surface area contributed by atoms with E-state index in [1.54, 1.807) is 13.8 Å². The van der Waals surface area contributed by atoms with E-state index in [1.807, 2.05) is 0 Å². The van der Waals surface area contributed by atoms with Gasteiger partial charge in [0.15, 0.2) is 11.9 Å². The number of aliphatic hydroxyl groups excluding tert-OH is 1. The average molecular weight is 199 g/mol. The summed E-state index contributed by atoms with van der Waals surface area (Å²) in [5.74, 6) is -0.685. The van der Waals surface area contributed by atoms with E-state index in [1.165, 1.54) is 0 Å². The molecule has 2 fully saturated rings. The molecule has 2 heterocycles. The van der Waals surface area contributed by atoms with Crippen LogP contribution < -0.4 is 0 Å². The second-order valence-corrected chi connectivity index (χ2v) is 3.94. The molecule has 0 aromatic heterocycles. The van der Waals surface area contributed by atoms with Crippen LogP contribution in [-0.2, 0) is 14.2 Å². The van der Waals surface area contributed by atoms with Gasteiger partial charge in [-0.2, -0.15) is 0 Å². The summed E-state index contributed by atoms with van der Waals surface area (Å²) < 4.78 is 16.4. The van der Waals surface area contributed by atoms with Crippen molar-refractivity contribution < 1.29 is 19.3 Å². The maximum atomic E-state index is 9.03. The van der Waals surface area contributed by atoms with Gasteiger partial charge in [0.2, 0.25) is 0 Å². The minimum absolute atomic E-state index is 0.146. The van der Waals surface area contributed by atoms with Gasteiger partial charge in [0, 0.05) is 0 Å². The van der Waals surface area contributed by atoms with Crippen LogP contribution in [0, 0.1) is 6.57 Å². The van der Waals surface area contributed by atoms with Gasteiger partial charge in [0.25, 0.3) is 0 Å². The van der Waals surface area contributed by atoms with Crippen LogP contribution in [0.4, 0.5) is 0 Å². The third kappa shape index (κ3) is 1.41. The first-order valence-corrected chi connectivity index (χ1v) is 4.56. The van der Waals surface area contributed by atoms with Gasteiger partial charge in [-0.1, -0.05) is 0 Å². The van der Waals surface area contributed by atoms with Gasteiger partial charge in [0.1, 0.15) is 12.2 Å². The van der Waals surface area contributed by atoms with E-state index in [0.29, 0.717) is 0 Å². The molecule has 2 aliphatic rings. The highest BCUT2D eigenvalue weighted by molar-refractivity contribution is 5.00. The first-order valence-electron chi connectivity index (χ1n) is 4.56. The van der Waals surface area contributed by atoms with Crippen molar-refractivity contribution in [3.63, 3.8) is 0 Å².